The van der Waals surface area contributed by atoms with Gasteiger partial charge in [0.2, 0.25) is 0 Å². The fourth-order valence-electron chi connectivity index (χ4n) is 2.54. The van der Waals surface area contributed by atoms with Gasteiger partial charge in [-0.3, -0.25) is 9.78 Å². The SMILES string of the molecule is Cc1ncc2c(n1)CCCC2NC(=O)c1ccncc1. The van der Waals surface area contributed by atoms with Crippen molar-refractivity contribution in [2.24, 2.45) is 0 Å². The zero-order chi connectivity index (χ0) is 13.9. The molecule has 2 aromatic rings. The molecule has 5 heteroatoms. The van der Waals surface area contributed by atoms with Crippen LogP contribution < -0.4 is 5.32 Å². The Morgan fingerprint density at radius 3 is 2.95 bits per heavy atom. The molecule has 0 fully saturated rings. The number of carbonyl (C=O) groups is 1. The second-order valence-electron chi connectivity index (χ2n) is 4.97. The first-order valence-corrected chi connectivity index (χ1v) is 6.77. The molecule has 0 bridgehead atoms. The Bertz CT molecular complexity index is 627. The first-order chi connectivity index (χ1) is 9.74. The number of aromatic nitrogens is 3. The van der Waals surface area contributed by atoms with Crippen molar-refractivity contribution in [1.29, 1.82) is 0 Å². The summed E-state index contributed by atoms with van der Waals surface area (Å²) in [6.07, 6.45) is 8.00. The highest BCUT2D eigenvalue weighted by atomic mass is 16.1. The number of amides is 1. The van der Waals surface area contributed by atoms with Crippen molar-refractivity contribution < 1.29 is 4.79 Å². The van der Waals surface area contributed by atoms with E-state index in [4.69, 9.17) is 0 Å². The molecule has 2 heterocycles. The number of hydrogen-bond donors (Lipinski definition) is 1. The first kappa shape index (κ1) is 12.7. The van der Waals surface area contributed by atoms with Gasteiger partial charge in [-0.2, -0.15) is 0 Å². The predicted octanol–water partition coefficient (Wildman–Crippen LogP) is 1.99. The van der Waals surface area contributed by atoms with Gasteiger partial charge in [0.25, 0.3) is 5.91 Å². The lowest BCUT2D eigenvalue weighted by Crippen LogP contribution is -2.31. The molecule has 1 amide bonds. The summed E-state index contributed by atoms with van der Waals surface area (Å²) in [5, 5.41) is 3.06. The zero-order valence-corrected chi connectivity index (χ0v) is 11.3. The van der Waals surface area contributed by atoms with E-state index in [-0.39, 0.29) is 11.9 Å². The van der Waals surface area contributed by atoms with Crippen molar-refractivity contribution in [3.63, 3.8) is 0 Å². The molecule has 20 heavy (non-hydrogen) atoms. The Labute approximate surface area is 117 Å². The van der Waals surface area contributed by atoms with Gasteiger partial charge in [-0.05, 0) is 38.3 Å². The average molecular weight is 268 g/mol. The van der Waals surface area contributed by atoms with Gasteiger partial charge in [0.1, 0.15) is 5.82 Å². The Hall–Kier alpha value is -2.30. The van der Waals surface area contributed by atoms with Gasteiger partial charge in [-0.15, -0.1) is 0 Å². The van der Waals surface area contributed by atoms with Crippen molar-refractivity contribution in [3.05, 3.63) is 53.4 Å². The fourth-order valence-corrected chi connectivity index (χ4v) is 2.54. The summed E-state index contributed by atoms with van der Waals surface area (Å²) in [7, 11) is 0. The van der Waals surface area contributed by atoms with Crippen molar-refractivity contribution in [1.82, 2.24) is 20.3 Å². The topological polar surface area (TPSA) is 67.8 Å². The lowest BCUT2D eigenvalue weighted by atomic mass is 9.92. The van der Waals surface area contributed by atoms with Crippen LogP contribution in [0.4, 0.5) is 0 Å². The smallest absolute Gasteiger partial charge is 0.251 e. The van der Waals surface area contributed by atoms with Crippen LogP contribution >= 0.6 is 0 Å². The van der Waals surface area contributed by atoms with Crippen LogP contribution in [0.1, 0.15) is 46.3 Å². The van der Waals surface area contributed by atoms with Crippen LogP contribution in [0.2, 0.25) is 0 Å². The first-order valence-electron chi connectivity index (χ1n) is 6.77. The Kier molecular flexibility index (Phi) is 3.41. The summed E-state index contributed by atoms with van der Waals surface area (Å²) in [5.41, 5.74) is 2.73. The molecule has 1 atom stereocenters. The lowest BCUT2D eigenvalue weighted by Gasteiger charge is -2.25. The summed E-state index contributed by atoms with van der Waals surface area (Å²) < 4.78 is 0. The van der Waals surface area contributed by atoms with Crippen LogP contribution in [0, 0.1) is 6.92 Å². The highest BCUT2D eigenvalue weighted by molar-refractivity contribution is 5.94. The third-order valence-electron chi connectivity index (χ3n) is 3.55. The van der Waals surface area contributed by atoms with Crippen molar-refractivity contribution in [2.75, 3.05) is 0 Å². The monoisotopic (exact) mass is 268 g/mol. The molecule has 5 nitrogen and oxygen atoms in total. The Morgan fingerprint density at radius 2 is 2.15 bits per heavy atom. The molecule has 0 saturated carbocycles. The van der Waals surface area contributed by atoms with Crippen LogP contribution in [-0.2, 0) is 6.42 Å². The molecule has 0 aromatic carbocycles. The van der Waals surface area contributed by atoms with E-state index < -0.39 is 0 Å². The van der Waals surface area contributed by atoms with Gasteiger partial charge < -0.3 is 5.32 Å². The van der Waals surface area contributed by atoms with Crippen LogP contribution in [0.25, 0.3) is 0 Å². The Balaban J connectivity index is 1.81. The molecule has 2 aromatic heterocycles. The molecule has 102 valence electrons. The van der Waals surface area contributed by atoms with Gasteiger partial charge >= 0.3 is 0 Å². The summed E-state index contributed by atoms with van der Waals surface area (Å²) in [5.74, 6) is 0.704. The molecule has 3 rings (SSSR count). The van der Waals surface area contributed by atoms with Crippen LogP contribution in [0.3, 0.4) is 0 Å². The maximum atomic E-state index is 12.2. The molecule has 1 aliphatic carbocycles. The number of fused-ring (bicyclic) bond motifs is 1. The second kappa shape index (κ2) is 5.36. The highest BCUT2D eigenvalue weighted by Crippen LogP contribution is 2.28. The zero-order valence-electron chi connectivity index (χ0n) is 11.3. The van der Waals surface area contributed by atoms with E-state index >= 15 is 0 Å². The van der Waals surface area contributed by atoms with E-state index in [1.807, 2.05) is 13.1 Å². The highest BCUT2D eigenvalue weighted by Gasteiger charge is 2.23. The number of carbonyl (C=O) groups excluding carboxylic acids is 1. The van der Waals surface area contributed by atoms with Gasteiger partial charge in [0, 0.05) is 35.4 Å². The van der Waals surface area contributed by atoms with E-state index in [2.05, 4.69) is 20.3 Å². The number of hydrogen-bond acceptors (Lipinski definition) is 4. The molecule has 1 N–H and O–H groups in total. The van der Waals surface area contributed by atoms with E-state index in [1.54, 1.807) is 24.5 Å². The van der Waals surface area contributed by atoms with Gasteiger partial charge in [0.15, 0.2) is 0 Å². The third kappa shape index (κ3) is 2.52. The van der Waals surface area contributed by atoms with Gasteiger partial charge in [-0.1, -0.05) is 0 Å². The van der Waals surface area contributed by atoms with Gasteiger partial charge in [-0.25, -0.2) is 9.97 Å². The van der Waals surface area contributed by atoms with E-state index in [9.17, 15) is 4.79 Å². The van der Waals surface area contributed by atoms with Gasteiger partial charge in [0.05, 0.1) is 6.04 Å². The van der Waals surface area contributed by atoms with Crippen LogP contribution in [-0.4, -0.2) is 20.9 Å². The summed E-state index contributed by atoms with van der Waals surface area (Å²) >= 11 is 0. The number of pyridine rings is 1. The van der Waals surface area contributed by atoms with Crippen LogP contribution in [0.5, 0.6) is 0 Å². The second-order valence-corrected chi connectivity index (χ2v) is 4.97. The van der Waals surface area contributed by atoms with E-state index in [0.29, 0.717) is 5.56 Å². The molecular weight excluding hydrogens is 252 g/mol. The number of nitrogens with zero attached hydrogens (tertiary/aromatic N) is 3. The minimum Gasteiger partial charge on any atom is -0.345 e. The number of rotatable bonds is 2. The molecule has 1 unspecified atom stereocenters. The predicted molar refractivity (Wildman–Crippen MR) is 74.2 cm³/mol. The van der Waals surface area contributed by atoms with E-state index in [0.717, 1.165) is 36.3 Å². The van der Waals surface area contributed by atoms with Crippen LogP contribution in [0.15, 0.2) is 30.7 Å². The quantitative estimate of drug-likeness (QED) is 0.904. The molecular formula is C15H16N4O. The lowest BCUT2D eigenvalue weighted by molar-refractivity contribution is 0.0932. The largest absolute Gasteiger partial charge is 0.345 e. The molecule has 0 aliphatic heterocycles. The van der Waals surface area contributed by atoms with E-state index in [1.165, 1.54) is 0 Å². The number of aryl methyl sites for hydroxylation is 2. The normalized spacial score (nSPS) is 17.4. The fraction of sp³-hybridized carbons (Fsp3) is 0.333. The maximum absolute atomic E-state index is 12.2. The maximum Gasteiger partial charge on any atom is 0.251 e. The van der Waals surface area contributed by atoms with Crippen molar-refractivity contribution in [3.8, 4) is 0 Å². The molecule has 1 aliphatic rings. The minimum absolute atomic E-state index is 0.0000142. The summed E-state index contributed by atoms with van der Waals surface area (Å²) in [6.45, 7) is 1.89. The average Bonchev–Trinajstić information content (AvgIpc) is 2.48. The summed E-state index contributed by atoms with van der Waals surface area (Å²) in [6, 6.07) is 3.43. The summed E-state index contributed by atoms with van der Waals surface area (Å²) in [4.78, 5) is 24.9. The Morgan fingerprint density at radius 1 is 1.35 bits per heavy atom. The molecule has 0 radical (unpaired) electrons. The minimum atomic E-state index is -0.0779. The standard InChI is InChI=1S/C15H16N4O/c1-10-17-9-12-13(18-10)3-2-4-14(12)19-15(20)11-5-7-16-8-6-11/h5-9,14H,2-4H2,1H3,(H,19,20). The molecule has 0 saturated heterocycles. The third-order valence-corrected chi connectivity index (χ3v) is 3.55. The van der Waals surface area contributed by atoms with Crippen molar-refractivity contribution in [2.45, 2.75) is 32.2 Å². The number of nitrogens with one attached hydrogen (secondary N) is 1. The van der Waals surface area contributed by atoms with Crippen molar-refractivity contribution >= 4 is 5.91 Å². The molecule has 0 spiro atoms.